The van der Waals surface area contributed by atoms with Crippen LogP contribution in [0.3, 0.4) is 0 Å². The predicted molar refractivity (Wildman–Crippen MR) is 73.2 cm³/mol. The van der Waals surface area contributed by atoms with Crippen LogP contribution in [-0.4, -0.2) is 22.0 Å². The molecule has 0 unspecified atom stereocenters. The second kappa shape index (κ2) is 4.78. The number of nitrogens with one attached hydrogen (secondary N) is 1. The number of hydrogen-bond acceptors (Lipinski definition) is 5. The van der Waals surface area contributed by atoms with Crippen LogP contribution in [0, 0.1) is 0 Å². The first kappa shape index (κ1) is 12.4. The van der Waals surface area contributed by atoms with Gasteiger partial charge < -0.3 is 14.8 Å². The van der Waals surface area contributed by atoms with E-state index in [1.165, 1.54) is 17.4 Å². The summed E-state index contributed by atoms with van der Waals surface area (Å²) in [7, 11) is 0. The minimum atomic E-state index is -1.14. The number of aromatic carboxylic acids is 1. The Morgan fingerprint density at radius 2 is 2.15 bits per heavy atom. The molecule has 20 heavy (non-hydrogen) atoms. The fourth-order valence-electron chi connectivity index (χ4n) is 1.69. The minimum Gasteiger partial charge on any atom is -0.478 e. The molecule has 2 aromatic heterocycles. The van der Waals surface area contributed by atoms with Gasteiger partial charge in [-0.15, -0.1) is 11.3 Å². The number of furan rings is 1. The Labute approximate surface area is 116 Å². The van der Waals surface area contributed by atoms with Gasteiger partial charge in [-0.3, -0.25) is 4.79 Å². The lowest BCUT2D eigenvalue weighted by atomic mass is 10.2. The van der Waals surface area contributed by atoms with E-state index < -0.39 is 11.9 Å². The van der Waals surface area contributed by atoms with E-state index in [0.29, 0.717) is 5.69 Å². The lowest BCUT2D eigenvalue weighted by Gasteiger charge is -2.02. The number of anilines is 1. The summed E-state index contributed by atoms with van der Waals surface area (Å²) in [5.41, 5.74) is 3.12. The van der Waals surface area contributed by atoms with Crippen LogP contribution in [0.15, 0.2) is 40.5 Å². The average Bonchev–Trinajstić information content (AvgIpc) is 3.07. The van der Waals surface area contributed by atoms with Crippen molar-refractivity contribution in [1.82, 2.24) is 4.98 Å². The standard InChI is InChI=1S/C13H8N2O4S/c16-12(10-3-7(5-19-10)13(17)18)15-8-1-2-9-11(4-8)20-6-14-9/h1-6H,(H,15,16)(H,17,18). The molecule has 0 saturated heterocycles. The van der Waals surface area contributed by atoms with Crippen molar-refractivity contribution in [3.8, 4) is 0 Å². The number of thiazole rings is 1. The van der Waals surface area contributed by atoms with Gasteiger partial charge >= 0.3 is 5.97 Å². The van der Waals surface area contributed by atoms with Gasteiger partial charge in [0.15, 0.2) is 5.76 Å². The summed E-state index contributed by atoms with van der Waals surface area (Å²) in [5, 5.41) is 11.4. The number of carbonyl (C=O) groups excluding carboxylic acids is 1. The first-order chi connectivity index (χ1) is 9.63. The van der Waals surface area contributed by atoms with Crippen molar-refractivity contribution in [1.29, 1.82) is 0 Å². The number of hydrogen-bond donors (Lipinski definition) is 2. The van der Waals surface area contributed by atoms with Gasteiger partial charge in [0.05, 0.1) is 21.3 Å². The van der Waals surface area contributed by atoms with Gasteiger partial charge in [0.1, 0.15) is 6.26 Å². The predicted octanol–water partition coefficient (Wildman–Crippen LogP) is 2.84. The molecule has 0 fully saturated rings. The Morgan fingerprint density at radius 1 is 1.30 bits per heavy atom. The van der Waals surface area contributed by atoms with E-state index in [1.807, 2.05) is 0 Å². The summed E-state index contributed by atoms with van der Waals surface area (Å²) < 4.78 is 5.88. The van der Waals surface area contributed by atoms with Crippen LogP contribution in [-0.2, 0) is 0 Å². The van der Waals surface area contributed by atoms with Crippen molar-refractivity contribution in [2.75, 3.05) is 5.32 Å². The van der Waals surface area contributed by atoms with Gasteiger partial charge in [-0.25, -0.2) is 9.78 Å². The maximum absolute atomic E-state index is 11.9. The summed E-state index contributed by atoms with van der Waals surface area (Å²) in [5.74, 6) is -1.69. The summed E-state index contributed by atoms with van der Waals surface area (Å²) in [6.45, 7) is 0. The minimum absolute atomic E-state index is 0.0493. The number of benzene rings is 1. The number of amides is 1. The molecule has 1 amide bonds. The number of carboxylic acid groups (broad SMARTS) is 1. The number of rotatable bonds is 3. The summed E-state index contributed by atoms with van der Waals surface area (Å²) in [4.78, 5) is 26.8. The Balaban J connectivity index is 1.82. The van der Waals surface area contributed by atoms with Crippen LogP contribution in [0.5, 0.6) is 0 Å². The van der Waals surface area contributed by atoms with Crippen molar-refractivity contribution >= 4 is 39.1 Å². The third-order valence-electron chi connectivity index (χ3n) is 2.66. The number of fused-ring (bicyclic) bond motifs is 1. The molecule has 6 nitrogen and oxygen atoms in total. The molecule has 2 N–H and O–H groups in total. The molecule has 2 heterocycles. The Kier molecular flexibility index (Phi) is 2.96. The first-order valence-electron chi connectivity index (χ1n) is 5.60. The molecule has 3 rings (SSSR count). The molecule has 0 aliphatic rings. The largest absolute Gasteiger partial charge is 0.478 e. The Hall–Kier alpha value is -2.67. The molecular weight excluding hydrogens is 280 g/mol. The Bertz CT molecular complexity index is 805. The van der Waals surface area contributed by atoms with E-state index in [-0.39, 0.29) is 11.3 Å². The fourth-order valence-corrected chi connectivity index (χ4v) is 2.41. The zero-order valence-electron chi connectivity index (χ0n) is 9.99. The van der Waals surface area contributed by atoms with E-state index in [2.05, 4.69) is 10.3 Å². The maximum Gasteiger partial charge on any atom is 0.338 e. The van der Waals surface area contributed by atoms with Crippen molar-refractivity contribution < 1.29 is 19.1 Å². The molecule has 1 aromatic carbocycles. The van der Waals surface area contributed by atoms with E-state index >= 15 is 0 Å². The van der Waals surface area contributed by atoms with Crippen LogP contribution in [0.25, 0.3) is 10.2 Å². The second-order valence-electron chi connectivity index (χ2n) is 3.99. The molecule has 100 valence electrons. The molecule has 0 bridgehead atoms. The SMILES string of the molecule is O=C(O)c1coc(C(=O)Nc2ccc3ncsc3c2)c1. The highest BCUT2D eigenvalue weighted by Crippen LogP contribution is 2.22. The van der Waals surface area contributed by atoms with Crippen LogP contribution in [0.2, 0.25) is 0 Å². The molecule has 0 spiro atoms. The van der Waals surface area contributed by atoms with Crippen LogP contribution in [0.4, 0.5) is 5.69 Å². The molecule has 0 atom stereocenters. The molecule has 0 saturated carbocycles. The Morgan fingerprint density at radius 3 is 2.90 bits per heavy atom. The van der Waals surface area contributed by atoms with Crippen molar-refractivity contribution in [3.63, 3.8) is 0 Å². The number of carboxylic acids is 1. The highest BCUT2D eigenvalue weighted by Gasteiger charge is 2.15. The molecule has 3 aromatic rings. The number of nitrogens with zero attached hydrogens (tertiary/aromatic N) is 1. The van der Waals surface area contributed by atoms with E-state index in [4.69, 9.17) is 9.52 Å². The van der Waals surface area contributed by atoms with Gasteiger partial charge in [0.2, 0.25) is 0 Å². The second-order valence-corrected chi connectivity index (χ2v) is 4.88. The van der Waals surface area contributed by atoms with Crippen LogP contribution < -0.4 is 5.32 Å². The summed E-state index contributed by atoms with van der Waals surface area (Å²) in [6, 6.07) is 6.50. The van der Waals surface area contributed by atoms with Crippen molar-refractivity contribution in [2.24, 2.45) is 0 Å². The molecule has 7 heteroatoms. The van der Waals surface area contributed by atoms with Gasteiger partial charge in [-0.1, -0.05) is 0 Å². The van der Waals surface area contributed by atoms with Gasteiger partial charge in [-0.05, 0) is 18.2 Å². The zero-order chi connectivity index (χ0) is 14.1. The number of carbonyl (C=O) groups is 2. The van der Waals surface area contributed by atoms with Crippen molar-refractivity contribution in [2.45, 2.75) is 0 Å². The molecule has 0 radical (unpaired) electrons. The average molecular weight is 288 g/mol. The topological polar surface area (TPSA) is 92.4 Å². The van der Waals surface area contributed by atoms with Crippen LogP contribution >= 0.6 is 11.3 Å². The first-order valence-corrected chi connectivity index (χ1v) is 6.48. The fraction of sp³-hybridized carbons (Fsp3) is 0. The monoisotopic (exact) mass is 288 g/mol. The smallest absolute Gasteiger partial charge is 0.338 e. The van der Waals surface area contributed by atoms with Gasteiger partial charge in [0.25, 0.3) is 5.91 Å². The quantitative estimate of drug-likeness (QED) is 0.773. The van der Waals surface area contributed by atoms with Crippen molar-refractivity contribution in [3.05, 3.63) is 47.4 Å². The highest BCUT2D eigenvalue weighted by molar-refractivity contribution is 7.16. The van der Waals surface area contributed by atoms with Gasteiger partial charge in [0, 0.05) is 11.8 Å². The maximum atomic E-state index is 11.9. The summed E-state index contributed by atoms with van der Waals surface area (Å²) in [6.07, 6.45) is 1.03. The van der Waals surface area contributed by atoms with E-state index in [9.17, 15) is 9.59 Å². The lowest BCUT2D eigenvalue weighted by molar-refractivity contribution is 0.0696. The summed E-state index contributed by atoms with van der Waals surface area (Å²) >= 11 is 1.47. The third kappa shape index (κ3) is 2.26. The van der Waals surface area contributed by atoms with Crippen LogP contribution in [0.1, 0.15) is 20.9 Å². The number of aromatic nitrogens is 1. The van der Waals surface area contributed by atoms with E-state index in [1.54, 1.807) is 23.7 Å². The zero-order valence-corrected chi connectivity index (χ0v) is 10.8. The van der Waals surface area contributed by atoms with Gasteiger partial charge in [-0.2, -0.15) is 0 Å². The normalized spacial score (nSPS) is 10.6. The highest BCUT2D eigenvalue weighted by atomic mass is 32.1. The molecule has 0 aliphatic heterocycles. The van der Waals surface area contributed by atoms with E-state index in [0.717, 1.165) is 16.5 Å². The molecular formula is C13H8N2O4S. The lowest BCUT2D eigenvalue weighted by Crippen LogP contribution is -2.10. The third-order valence-corrected chi connectivity index (χ3v) is 3.45. The molecule has 0 aliphatic carbocycles.